The molecule has 0 spiro atoms. The largest absolute Gasteiger partial charge is 0.497 e. The van der Waals surface area contributed by atoms with E-state index in [-0.39, 0.29) is 12.4 Å². The van der Waals surface area contributed by atoms with Crippen molar-refractivity contribution < 1.29 is 18.9 Å². The van der Waals surface area contributed by atoms with E-state index in [0.29, 0.717) is 19.6 Å². The van der Waals surface area contributed by atoms with Crippen LogP contribution >= 0.6 is 0 Å². The summed E-state index contributed by atoms with van der Waals surface area (Å²) in [5.41, 5.74) is 1.03. The van der Waals surface area contributed by atoms with Crippen molar-refractivity contribution in [1.82, 2.24) is 0 Å². The Balaban J connectivity index is 2.25. The van der Waals surface area contributed by atoms with Crippen molar-refractivity contribution in [2.24, 2.45) is 0 Å². The van der Waals surface area contributed by atoms with Crippen molar-refractivity contribution >= 4 is 0 Å². The first-order valence-electron chi connectivity index (χ1n) is 6.36. The Morgan fingerprint density at radius 1 is 1.22 bits per heavy atom. The van der Waals surface area contributed by atoms with Crippen LogP contribution in [-0.4, -0.2) is 26.6 Å². The van der Waals surface area contributed by atoms with Crippen LogP contribution in [0.4, 0.5) is 0 Å². The molecule has 0 fully saturated rings. The lowest BCUT2D eigenvalue weighted by Gasteiger charge is -2.31. The normalized spacial score (nSPS) is 22.2. The summed E-state index contributed by atoms with van der Waals surface area (Å²) >= 11 is 0. The predicted molar refractivity (Wildman–Crippen MR) is 68.0 cm³/mol. The Morgan fingerprint density at radius 3 is 2.67 bits per heavy atom. The van der Waals surface area contributed by atoms with Crippen LogP contribution in [0.1, 0.15) is 31.9 Å². The summed E-state index contributed by atoms with van der Waals surface area (Å²) in [6.45, 7) is 5.25. The molecule has 0 aliphatic carbocycles. The molecule has 4 heteroatoms. The first-order chi connectivity index (χ1) is 8.78. The highest BCUT2D eigenvalue weighted by atomic mass is 16.7. The van der Waals surface area contributed by atoms with Crippen molar-refractivity contribution in [3.8, 4) is 11.5 Å². The lowest BCUT2D eigenvalue weighted by molar-refractivity contribution is -0.121. The molecule has 1 aliphatic heterocycles. The van der Waals surface area contributed by atoms with Gasteiger partial charge >= 0.3 is 0 Å². The SMILES string of the molecule is CCOC1CC(OCC)c2cc(OC)ccc2O1. The maximum absolute atomic E-state index is 5.79. The summed E-state index contributed by atoms with van der Waals surface area (Å²) in [4.78, 5) is 0. The van der Waals surface area contributed by atoms with E-state index in [9.17, 15) is 0 Å². The second-order valence-corrected chi connectivity index (χ2v) is 4.09. The van der Waals surface area contributed by atoms with Crippen molar-refractivity contribution in [1.29, 1.82) is 0 Å². The minimum absolute atomic E-state index is 0.00500. The average molecular weight is 252 g/mol. The van der Waals surface area contributed by atoms with E-state index in [0.717, 1.165) is 17.1 Å². The fourth-order valence-corrected chi connectivity index (χ4v) is 2.15. The van der Waals surface area contributed by atoms with E-state index in [1.54, 1.807) is 7.11 Å². The number of fused-ring (bicyclic) bond motifs is 1. The molecule has 0 amide bonds. The Morgan fingerprint density at radius 2 is 2.00 bits per heavy atom. The van der Waals surface area contributed by atoms with Crippen LogP contribution in [0.2, 0.25) is 0 Å². The predicted octanol–water partition coefficient (Wildman–Crippen LogP) is 2.92. The molecule has 1 aromatic rings. The topological polar surface area (TPSA) is 36.9 Å². The third-order valence-electron chi connectivity index (χ3n) is 2.95. The number of hydrogen-bond acceptors (Lipinski definition) is 4. The molecule has 0 bridgehead atoms. The molecular formula is C14H20O4. The van der Waals surface area contributed by atoms with Crippen LogP contribution in [0.5, 0.6) is 11.5 Å². The van der Waals surface area contributed by atoms with Gasteiger partial charge in [0, 0.05) is 25.2 Å². The molecule has 1 heterocycles. The minimum Gasteiger partial charge on any atom is -0.497 e. The average Bonchev–Trinajstić information content (AvgIpc) is 2.39. The van der Waals surface area contributed by atoms with Gasteiger partial charge in [-0.25, -0.2) is 0 Å². The second kappa shape index (κ2) is 6.07. The quantitative estimate of drug-likeness (QED) is 0.807. The van der Waals surface area contributed by atoms with Crippen LogP contribution in [-0.2, 0) is 9.47 Å². The zero-order valence-electron chi connectivity index (χ0n) is 11.1. The lowest BCUT2D eigenvalue weighted by Crippen LogP contribution is -2.29. The first kappa shape index (κ1) is 13.2. The molecule has 2 rings (SSSR count). The van der Waals surface area contributed by atoms with E-state index in [1.165, 1.54) is 0 Å². The van der Waals surface area contributed by atoms with Crippen LogP contribution in [0.3, 0.4) is 0 Å². The van der Waals surface area contributed by atoms with Gasteiger partial charge in [0.1, 0.15) is 11.5 Å². The Labute approximate surface area is 108 Å². The molecule has 18 heavy (non-hydrogen) atoms. The number of methoxy groups -OCH3 is 1. The van der Waals surface area contributed by atoms with E-state index in [4.69, 9.17) is 18.9 Å². The summed E-state index contributed by atoms with van der Waals surface area (Å²) in [5, 5.41) is 0. The van der Waals surface area contributed by atoms with Gasteiger partial charge in [-0.2, -0.15) is 0 Å². The fraction of sp³-hybridized carbons (Fsp3) is 0.571. The smallest absolute Gasteiger partial charge is 0.202 e. The molecule has 2 unspecified atom stereocenters. The molecule has 0 saturated heterocycles. The molecule has 1 aliphatic rings. The summed E-state index contributed by atoms with van der Waals surface area (Å²) in [6, 6.07) is 5.76. The van der Waals surface area contributed by atoms with Crippen LogP contribution < -0.4 is 9.47 Å². The van der Waals surface area contributed by atoms with Gasteiger partial charge in [-0.1, -0.05) is 0 Å². The Bertz CT molecular complexity index is 391. The van der Waals surface area contributed by atoms with Gasteiger partial charge in [0.2, 0.25) is 6.29 Å². The molecular weight excluding hydrogens is 232 g/mol. The summed E-state index contributed by atoms with van der Waals surface area (Å²) in [6.07, 6.45) is 0.486. The highest BCUT2D eigenvalue weighted by molar-refractivity contribution is 5.43. The third-order valence-corrected chi connectivity index (χ3v) is 2.95. The van der Waals surface area contributed by atoms with Crippen LogP contribution in [0.25, 0.3) is 0 Å². The molecule has 0 radical (unpaired) electrons. The van der Waals surface area contributed by atoms with Crippen LogP contribution in [0, 0.1) is 0 Å². The zero-order valence-corrected chi connectivity index (χ0v) is 11.1. The van der Waals surface area contributed by atoms with E-state index in [2.05, 4.69) is 0 Å². The third kappa shape index (κ3) is 2.76. The molecule has 0 N–H and O–H groups in total. The molecule has 100 valence electrons. The number of benzene rings is 1. The van der Waals surface area contributed by atoms with Crippen molar-refractivity contribution in [3.05, 3.63) is 23.8 Å². The zero-order chi connectivity index (χ0) is 13.0. The van der Waals surface area contributed by atoms with E-state index >= 15 is 0 Å². The monoisotopic (exact) mass is 252 g/mol. The Kier molecular flexibility index (Phi) is 4.44. The molecule has 1 aromatic carbocycles. The standard InChI is InChI=1S/C14H20O4/c1-4-16-13-9-14(17-5-2)18-12-7-6-10(15-3)8-11(12)13/h6-8,13-14H,4-5,9H2,1-3H3. The van der Waals surface area contributed by atoms with Gasteiger partial charge in [-0.05, 0) is 32.0 Å². The molecule has 2 atom stereocenters. The van der Waals surface area contributed by atoms with Gasteiger partial charge in [-0.3, -0.25) is 0 Å². The minimum atomic E-state index is -0.229. The first-order valence-corrected chi connectivity index (χ1v) is 6.36. The van der Waals surface area contributed by atoms with Gasteiger partial charge in [0.15, 0.2) is 0 Å². The summed E-state index contributed by atoms with van der Waals surface area (Å²) in [5.74, 6) is 1.64. The van der Waals surface area contributed by atoms with Gasteiger partial charge in [-0.15, -0.1) is 0 Å². The second-order valence-electron chi connectivity index (χ2n) is 4.09. The van der Waals surface area contributed by atoms with E-state index in [1.807, 2.05) is 32.0 Å². The highest BCUT2D eigenvalue weighted by Crippen LogP contribution is 2.39. The van der Waals surface area contributed by atoms with Gasteiger partial charge in [0.25, 0.3) is 0 Å². The van der Waals surface area contributed by atoms with Crippen LogP contribution in [0.15, 0.2) is 18.2 Å². The van der Waals surface area contributed by atoms with E-state index < -0.39 is 0 Å². The lowest BCUT2D eigenvalue weighted by atomic mass is 10.0. The van der Waals surface area contributed by atoms with Gasteiger partial charge < -0.3 is 18.9 Å². The molecule has 0 aromatic heterocycles. The maximum Gasteiger partial charge on any atom is 0.202 e. The number of hydrogen-bond donors (Lipinski definition) is 0. The number of rotatable bonds is 5. The Hall–Kier alpha value is -1.26. The maximum atomic E-state index is 5.79. The fourth-order valence-electron chi connectivity index (χ4n) is 2.15. The molecule has 0 saturated carbocycles. The highest BCUT2D eigenvalue weighted by Gasteiger charge is 2.29. The van der Waals surface area contributed by atoms with Gasteiger partial charge in [0.05, 0.1) is 13.2 Å². The number of ether oxygens (including phenoxy) is 4. The van der Waals surface area contributed by atoms with Crippen molar-refractivity contribution in [2.75, 3.05) is 20.3 Å². The summed E-state index contributed by atoms with van der Waals surface area (Å²) < 4.78 is 22.3. The van der Waals surface area contributed by atoms with Crippen molar-refractivity contribution in [2.45, 2.75) is 32.7 Å². The summed E-state index contributed by atoms with van der Waals surface area (Å²) in [7, 11) is 1.66. The van der Waals surface area contributed by atoms with Crippen molar-refractivity contribution in [3.63, 3.8) is 0 Å². The molecule has 4 nitrogen and oxygen atoms in total.